The van der Waals surface area contributed by atoms with Gasteiger partial charge in [0.05, 0.1) is 17.3 Å². The third-order valence-corrected chi connectivity index (χ3v) is 5.78. The fourth-order valence-corrected chi connectivity index (χ4v) is 4.51. The van der Waals surface area contributed by atoms with Crippen LogP contribution in [0.1, 0.15) is 38.9 Å². The summed E-state index contributed by atoms with van der Waals surface area (Å²) in [4.78, 5) is 7.24. The Bertz CT molecular complexity index is 974. The molecule has 0 aliphatic carbocycles. The molecule has 0 spiro atoms. The molecule has 122 valence electrons. The molecule has 1 aliphatic rings. The number of thiophene rings is 1. The molecule has 1 aromatic carbocycles. The van der Waals surface area contributed by atoms with E-state index < -0.39 is 0 Å². The van der Waals surface area contributed by atoms with Crippen LogP contribution < -0.4 is 5.43 Å². The molecule has 0 saturated heterocycles. The highest BCUT2D eigenvalue weighted by Crippen LogP contribution is 2.33. The maximum Gasteiger partial charge on any atom is 0.135 e. The Kier molecular flexibility index (Phi) is 3.82. The van der Waals surface area contributed by atoms with Crippen LogP contribution in [-0.2, 0) is 0 Å². The molecule has 0 fully saturated rings. The van der Waals surface area contributed by atoms with Crippen LogP contribution in [0.3, 0.4) is 0 Å². The lowest BCUT2D eigenvalue weighted by Crippen LogP contribution is -2.11. The highest BCUT2D eigenvalue weighted by Gasteiger charge is 2.25. The first-order valence-corrected chi connectivity index (χ1v) is 9.17. The lowest BCUT2D eigenvalue weighted by molar-refractivity contribution is 0.619. The van der Waals surface area contributed by atoms with Crippen molar-refractivity contribution in [3.8, 4) is 0 Å². The highest BCUT2D eigenvalue weighted by atomic mass is 35.5. The van der Waals surface area contributed by atoms with Gasteiger partial charge in [-0.3, -0.25) is 0 Å². The first-order chi connectivity index (χ1) is 11.5. The normalized spacial score (nSPS) is 17.2. The van der Waals surface area contributed by atoms with Gasteiger partial charge in [-0.15, -0.1) is 11.3 Å². The van der Waals surface area contributed by atoms with Crippen LogP contribution in [0.25, 0.3) is 10.9 Å². The van der Waals surface area contributed by atoms with Gasteiger partial charge in [0.1, 0.15) is 5.15 Å². The molecule has 1 unspecified atom stereocenters. The summed E-state index contributed by atoms with van der Waals surface area (Å²) in [6, 6.07) is 10.6. The summed E-state index contributed by atoms with van der Waals surface area (Å²) in [5.74, 6) is 0. The zero-order valence-corrected chi connectivity index (χ0v) is 15.4. The van der Waals surface area contributed by atoms with Crippen LogP contribution in [0.4, 0.5) is 0 Å². The third kappa shape index (κ3) is 2.60. The van der Waals surface area contributed by atoms with E-state index in [4.69, 9.17) is 11.6 Å². The summed E-state index contributed by atoms with van der Waals surface area (Å²) in [6.45, 7) is 6.34. The second-order valence-corrected chi connectivity index (χ2v) is 8.10. The lowest BCUT2D eigenvalue weighted by atomic mass is 9.99. The minimum atomic E-state index is 0.0736. The van der Waals surface area contributed by atoms with Crippen molar-refractivity contribution >= 4 is 39.6 Å². The number of aryl methyl sites for hydroxylation is 3. The fourth-order valence-electron chi connectivity index (χ4n) is 3.29. The number of hydrazone groups is 1. The number of benzene rings is 1. The number of hydrogen-bond donors (Lipinski definition) is 1. The van der Waals surface area contributed by atoms with Gasteiger partial charge >= 0.3 is 0 Å². The van der Waals surface area contributed by atoms with E-state index >= 15 is 0 Å². The maximum absolute atomic E-state index is 6.48. The predicted molar refractivity (Wildman–Crippen MR) is 102 cm³/mol. The summed E-state index contributed by atoms with van der Waals surface area (Å²) in [6.07, 6.45) is 0.829. The monoisotopic (exact) mass is 355 g/mol. The lowest BCUT2D eigenvalue weighted by Gasteiger charge is -2.13. The molecule has 0 bridgehead atoms. The Morgan fingerprint density at radius 1 is 1.21 bits per heavy atom. The van der Waals surface area contributed by atoms with Crippen LogP contribution in [0.15, 0.2) is 35.4 Å². The van der Waals surface area contributed by atoms with Crippen LogP contribution >= 0.6 is 22.9 Å². The first-order valence-electron chi connectivity index (χ1n) is 7.98. The molecule has 1 N–H and O–H groups in total. The summed E-state index contributed by atoms with van der Waals surface area (Å²) < 4.78 is 0. The quantitative estimate of drug-likeness (QED) is 0.632. The molecule has 3 heterocycles. The van der Waals surface area contributed by atoms with Gasteiger partial charge in [0.15, 0.2) is 0 Å². The van der Waals surface area contributed by atoms with Gasteiger partial charge in [-0.05, 0) is 38.5 Å². The van der Waals surface area contributed by atoms with Crippen molar-refractivity contribution in [2.75, 3.05) is 0 Å². The number of hydrogen-bond acceptors (Lipinski definition) is 4. The number of halogens is 1. The van der Waals surface area contributed by atoms with E-state index in [1.165, 1.54) is 15.3 Å². The Morgan fingerprint density at radius 3 is 2.79 bits per heavy atom. The third-order valence-electron chi connectivity index (χ3n) is 4.51. The number of rotatable bonds is 2. The summed E-state index contributed by atoms with van der Waals surface area (Å²) in [5.41, 5.74) is 8.71. The number of fused-ring (bicyclic) bond motifs is 1. The van der Waals surface area contributed by atoms with Crippen molar-refractivity contribution in [1.82, 2.24) is 10.4 Å². The van der Waals surface area contributed by atoms with Gasteiger partial charge < -0.3 is 5.43 Å². The average molecular weight is 356 g/mol. The Hall–Kier alpha value is -1.91. The van der Waals surface area contributed by atoms with Crippen molar-refractivity contribution in [1.29, 1.82) is 0 Å². The molecule has 2 aromatic heterocycles. The van der Waals surface area contributed by atoms with E-state index in [9.17, 15) is 0 Å². The highest BCUT2D eigenvalue weighted by molar-refractivity contribution is 7.12. The van der Waals surface area contributed by atoms with E-state index in [1.54, 1.807) is 0 Å². The molecule has 0 radical (unpaired) electrons. The average Bonchev–Trinajstić information content (AvgIpc) is 3.14. The molecule has 3 aromatic rings. The van der Waals surface area contributed by atoms with Crippen LogP contribution in [0.2, 0.25) is 5.15 Å². The van der Waals surface area contributed by atoms with Gasteiger partial charge in [0.25, 0.3) is 0 Å². The molecular formula is C19H18ClN3S. The van der Waals surface area contributed by atoms with Crippen molar-refractivity contribution in [3.05, 3.63) is 61.9 Å². The molecule has 5 heteroatoms. The Balaban J connectivity index is 1.68. The minimum Gasteiger partial charge on any atom is -0.302 e. The molecular weight excluding hydrogens is 338 g/mol. The Morgan fingerprint density at radius 2 is 2.04 bits per heavy atom. The van der Waals surface area contributed by atoms with Crippen molar-refractivity contribution in [2.45, 2.75) is 33.2 Å². The van der Waals surface area contributed by atoms with Crippen molar-refractivity contribution < 1.29 is 0 Å². The number of pyridine rings is 1. The van der Waals surface area contributed by atoms with E-state index in [-0.39, 0.29) is 6.04 Å². The van der Waals surface area contributed by atoms with E-state index in [1.807, 2.05) is 11.3 Å². The van der Waals surface area contributed by atoms with Gasteiger partial charge in [0, 0.05) is 32.7 Å². The molecule has 1 aliphatic heterocycles. The smallest absolute Gasteiger partial charge is 0.135 e. The van der Waals surface area contributed by atoms with Crippen LogP contribution in [0.5, 0.6) is 0 Å². The van der Waals surface area contributed by atoms with E-state index in [2.05, 4.69) is 66.6 Å². The number of aromatic nitrogens is 1. The Labute approximate surface area is 150 Å². The number of nitrogens with zero attached hydrogens (tertiary/aromatic N) is 2. The summed E-state index contributed by atoms with van der Waals surface area (Å²) in [5, 5.41) is 6.24. The number of para-hydroxylation sites is 1. The van der Waals surface area contributed by atoms with Gasteiger partial charge in [0.2, 0.25) is 0 Å². The second kappa shape index (κ2) is 5.87. The zero-order chi connectivity index (χ0) is 16.8. The second-order valence-electron chi connectivity index (χ2n) is 6.29. The molecule has 0 saturated carbocycles. The fraction of sp³-hybridized carbons (Fsp3) is 0.263. The van der Waals surface area contributed by atoms with Crippen LogP contribution in [0, 0.1) is 20.8 Å². The SMILES string of the molecule is Cc1cc(C2=NNC(c3cc4cccc(C)c4nc3Cl)C2)c(C)s1. The zero-order valence-electron chi connectivity index (χ0n) is 13.9. The summed E-state index contributed by atoms with van der Waals surface area (Å²) in [7, 11) is 0. The molecule has 1 atom stereocenters. The van der Waals surface area contributed by atoms with E-state index in [0.717, 1.165) is 34.2 Å². The van der Waals surface area contributed by atoms with Crippen LogP contribution in [-0.4, -0.2) is 10.7 Å². The van der Waals surface area contributed by atoms with Crippen molar-refractivity contribution in [3.63, 3.8) is 0 Å². The van der Waals surface area contributed by atoms with Gasteiger partial charge in [-0.1, -0.05) is 29.8 Å². The molecule has 3 nitrogen and oxygen atoms in total. The standard InChI is InChI=1S/C19H18ClN3S/c1-10-5-4-6-13-8-15(19(20)21-18(10)13)17-9-16(22-23-17)14-7-11(2)24-12(14)3/h4-8,17,23H,9H2,1-3H3. The maximum atomic E-state index is 6.48. The number of nitrogens with one attached hydrogen (secondary N) is 1. The van der Waals surface area contributed by atoms with Gasteiger partial charge in [-0.2, -0.15) is 5.10 Å². The molecule has 4 rings (SSSR count). The van der Waals surface area contributed by atoms with E-state index in [0.29, 0.717) is 5.15 Å². The topological polar surface area (TPSA) is 37.3 Å². The molecule has 24 heavy (non-hydrogen) atoms. The molecule has 0 amide bonds. The largest absolute Gasteiger partial charge is 0.302 e. The van der Waals surface area contributed by atoms with Gasteiger partial charge in [-0.25, -0.2) is 4.98 Å². The minimum absolute atomic E-state index is 0.0736. The predicted octanol–water partition coefficient (Wildman–Crippen LogP) is 5.31. The van der Waals surface area contributed by atoms with Crippen molar-refractivity contribution in [2.24, 2.45) is 5.10 Å². The first kappa shape index (κ1) is 15.6. The summed E-state index contributed by atoms with van der Waals surface area (Å²) >= 11 is 8.30.